The third-order valence-corrected chi connectivity index (χ3v) is 4.07. The van der Waals surface area contributed by atoms with Crippen molar-refractivity contribution in [2.24, 2.45) is 0 Å². The molecule has 0 aromatic carbocycles. The van der Waals surface area contributed by atoms with Crippen molar-refractivity contribution in [2.75, 3.05) is 12.4 Å². The van der Waals surface area contributed by atoms with Gasteiger partial charge in [0, 0.05) is 19.7 Å². The first-order chi connectivity index (χ1) is 9.60. The van der Waals surface area contributed by atoms with Crippen LogP contribution in [0, 0.1) is 0 Å². The van der Waals surface area contributed by atoms with Gasteiger partial charge in [0.2, 0.25) is 0 Å². The molecule has 20 heavy (non-hydrogen) atoms. The Balaban J connectivity index is 2.39. The van der Waals surface area contributed by atoms with Crippen LogP contribution in [0.5, 0.6) is 0 Å². The fraction of sp³-hybridized carbons (Fsp3) is 0.462. The number of halogens is 1. The normalized spacial score (nSPS) is 10.8. The minimum Gasteiger partial charge on any atom is -0.387 e. The summed E-state index contributed by atoms with van der Waals surface area (Å²) < 4.78 is 4.31. The maximum Gasteiger partial charge on any atom is 0.269 e. The van der Waals surface area contributed by atoms with Crippen LogP contribution in [-0.2, 0) is 19.5 Å². The lowest BCUT2D eigenvalue weighted by Gasteiger charge is -2.08. The van der Waals surface area contributed by atoms with E-state index in [1.165, 1.54) is 10.7 Å². The van der Waals surface area contributed by atoms with Crippen molar-refractivity contribution in [3.05, 3.63) is 38.5 Å². The molecule has 0 amide bonds. The van der Waals surface area contributed by atoms with Gasteiger partial charge < -0.3 is 5.32 Å². The summed E-state index contributed by atoms with van der Waals surface area (Å²) in [5.41, 5.74) is 2.55. The Morgan fingerprint density at radius 2 is 2.10 bits per heavy atom. The molecule has 0 atom stereocenters. The van der Waals surface area contributed by atoms with E-state index in [-0.39, 0.29) is 5.56 Å². The van der Waals surface area contributed by atoms with Crippen LogP contribution in [0.3, 0.4) is 0 Å². The minimum atomic E-state index is -0.134. The summed E-state index contributed by atoms with van der Waals surface area (Å²) in [6.45, 7) is 5.26. The molecule has 7 heteroatoms. The van der Waals surface area contributed by atoms with Crippen LogP contribution < -0.4 is 10.9 Å². The van der Waals surface area contributed by atoms with Crippen LogP contribution in [0.4, 0.5) is 5.69 Å². The van der Waals surface area contributed by atoms with E-state index in [9.17, 15) is 4.79 Å². The third-order valence-electron chi connectivity index (χ3n) is 3.15. The highest BCUT2D eigenvalue weighted by Gasteiger charge is 2.15. The number of anilines is 1. The van der Waals surface area contributed by atoms with Crippen molar-refractivity contribution in [3.8, 4) is 0 Å². The molecule has 0 radical (unpaired) electrons. The number of aryl methyl sites for hydroxylation is 2. The largest absolute Gasteiger partial charge is 0.387 e. The summed E-state index contributed by atoms with van der Waals surface area (Å²) >= 11 is 3.57. The topological polar surface area (TPSA) is 64.7 Å². The Morgan fingerprint density at radius 3 is 2.65 bits per heavy atom. The molecule has 108 valence electrons. The fourth-order valence-electron chi connectivity index (χ4n) is 2.00. The second-order valence-electron chi connectivity index (χ2n) is 4.37. The number of hydrogen-bond acceptors (Lipinski definition) is 4. The predicted octanol–water partition coefficient (Wildman–Crippen LogP) is 1.87. The molecule has 2 heterocycles. The predicted molar refractivity (Wildman–Crippen MR) is 82.1 cm³/mol. The molecule has 0 spiro atoms. The molecule has 2 rings (SSSR count). The van der Waals surface area contributed by atoms with Gasteiger partial charge in [-0.2, -0.15) is 10.2 Å². The monoisotopic (exact) mass is 339 g/mol. The zero-order chi connectivity index (χ0) is 14.7. The molecule has 0 aliphatic rings. The van der Waals surface area contributed by atoms with Gasteiger partial charge in [0.25, 0.3) is 5.56 Å². The summed E-state index contributed by atoms with van der Waals surface area (Å²) in [5, 5.41) is 11.6. The third kappa shape index (κ3) is 2.77. The standard InChI is InChI=1S/C13H18BrN5O/c1-4-10-13(14)11(18(5-2)17-10)8-19-12(20)6-9(15-3)7-16-19/h6-7,15H,4-5,8H2,1-3H3. The van der Waals surface area contributed by atoms with Crippen LogP contribution in [0.15, 0.2) is 21.5 Å². The van der Waals surface area contributed by atoms with Crippen LogP contribution in [-0.4, -0.2) is 26.6 Å². The van der Waals surface area contributed by atoms with Crippen LogP contribution in [0.25, 0.3) is 0 Å². The van der Waals surface area contributed by atoms with E-state index in [2.05, 4.69) is 38.4 Å². The second-order valence-corrected chi connectivity index (χ2v) is 5.16. The van der Waals surface area contributed by atoms with Gasteiger partial charge in [-0.25, -0.2) is 4.68 Å². The van der Waals surface area contributed by atoms with Crippen molar-refractivity contribution >= 4 is 21.6 Å². The summed E-state index contributed by atoms with van der Waals surface area (Å²) in [5.74, 6) is 0. The molecule has 0 fully saturated rings. The molecule has 2 aromatic rings. The Hall–Kier alpha value is -1.63. The van der Waals surface area contributed by atoms with Crippen molar-refractivity contribution < 1.29 is 0 Å². The molecular formula is C13H18BrN5O. The molecule has 6 nitrogen and oxygen atoms in total. The quantitative estimate of drug-likeness (QED) is 0.903. The summed E-state index contributed by atoms with van der Waals surface area (Å²) in [6, 6.07) is 1.54. The van der Waals surface area contributed by atoms with Gasteiger partial charge in [0.1, 0.15) is 0 Å². The highest BCUT2D eigenvalue weighted by molar-refractivity contribution is 9.10. The van der Waals surface area contributed by atoms with Crippen molar-refractivity contribution in [1.29, 1.82) is 0 Å². The average Bonchev–Trinajstić information content (AvgIpc) is 2.77. The van der Waals surface area contributed by atoms with E-state index in [0.717, 1.165) is 28.8 Å². The van der Waals surface area contributed by atoms with Gasteiger partial charge in [0.05, 0.1) is 34.3 Å². The zero-order valence-corrected chi connectivity index (χ0v) is 13.4. The van der Waals surface area contributed by atoms with E-state index in [1.807, 2.05) is 11.6 Å². The summed E-state index contributed by atoms with van der Waals surface area (Å²) in [7, 11) is 1.76. The fourth-order valence-corrected chi connectivity index (χ4v) is 2.69. The van der Waals surface area contributed by atoms with Gasteiger partial charge in [-0.3, -0.25) is 9.48 Å². The number of hydrogen-bond donors (Lipinski definition) is 1. The Morgan fingerprint density at radius 1 is 1.35 bits per heavy atom. The molecule has 0 saturated carbocycles. The van der Waals surface area contributed by atoms with E-state index >= 15 is 0 Å². The number of aromatic nitrogens is 4. The van der Waals surface area contributed by atoms with Gasteiger partial charge in [-0.15, -0.1) is 0 Å². The van der Waals surface area contributed by atoms with E-state index < -0.39 is 0 Å². The second kappa shape index (κ2) is 6.21. The molecule has 0 unspecified atom stereocenters. The summed E-state index contributed by atoms with van der Waals surface area (Å²) in [4.78, 5) is 12.0. The van der Waals surface area contributed by atoms with Gasteiger partial charge in [-0.05, 0) is 29.3 Å². The molecule has 1 N–H and O–H groups in total. The van der Waals surface area contributed by atoms with Crippen molar-refractivity contribution in [3.63, 3.8) is 0 Å². The number of nitrogens with one attached hydrogen (secondary N) is 1. The number of rotatable bonds is 5. The summed E-state index contributed by atoms with van der Waals surface area (Å²) in [6.07, 6.45) is 2.49. The van der Waals surface area contributed by atoms with Gasteiger partial charge >= 0.3 is 0 Å². The first-order valence-electron chi connectivity index (χ1n) is 6.59. The molecule has 0 aliphatic heterocycles. The molecule has 0 bridgehead atoms. The maximum absolute atomic E-state index is 12.0. The molecule has 0 aliphatic carbocycles. The smallest absolute Gasteiger partial charge is 0.269 e. The van der Waals surface area contributed by atoms with Crippen LogP contribution in [0.2, 0.25) is 0 Å². The van der Waals surface area contributed by atoms with Crippen LogP contribution >= 0.6 is 15.9 Å². The lowest BCUT2D eigenvalue weighted by atomic mass is 10.3. The Kier molecular flexibility index (Phi) is 4.59. The van der Waals surface area contributed by atoms with Gasteiger partial charge in [0.15, 0.2) is 0 Å². The maximum atomic E-state index is 12.0. The zero-order valence-electron chi connectivity index (χ0n) is 11.9. The minimum absolute atomic E-state index is 0.134. The SMILES string of the molecule is CCc1nn(CC)c(Cn2ncc(NC)cc2=O)c1Br. The van der Waals surface area contributed by atoms with E-state index in [4.69, 9.17) is 0 Å². The highest BCUT2D eigenvalue weighted by atomic mass is 79.9. The first-order valence-corrected chi connectivity index (χ1v) is 7.38. The van der Waals surface area contributed by atoms with Crippen molar-refractivity contribution in [2.45, 2.75) is 33.4 Å². The number of nitrogens with zero attached hydrogens (tertiary/aromatic N) is 4. The lowest BCUT2D eigenvalue weighted by molar-refractivity contribution is 0.557. The highest BCUT2D eigenvalue weighted by Crippen LogP contribution is 2.22. The first kappa shape index (κ1) is 14.8. The van der Waals surface area contributed by atoms with Crippen molar-refractivity contribution in [1.82, 2.24) is 19.6 Å². The Labute approximate surface area is 125 Å². The average molecular weight is 340 g/mol. The van der Waals surface area contributed by atoms with Gasteiger partial charge in [-0.1, -0.05) is 6.92 Å². The van der Waals surface area contributed by atoms with Crippen LogP contribution in [0.1, 0.15) is 25.2 Å². The molecular weight excluding hydrogens is 322 g/mol. The van der Waals surface area contributed by atoms with E-state index in [0.29, 0.717) is 12.2 Å². The molecule has 2 aromatic heterocycles. The Bertz CT molecular complexity index is 661. The van der Waals surface area contributed by atoms with E-state index in [1.54, 1.807) is 13.2 Å². The molecule has 0 saturated heterocycles. The lowest BCUT2D eigenvalue weighted by Crippen LogP contribution is -2.24.